The number of nitrogens with zero attached hydrogens (tertiary/aromatic N) is 2. The number of benzene rings is 3. The summed E-state index contributed by atoms with van der Waals surface area (Å²) in [5.41, 5.74) is 6.39. The quantitative estimate of drug-likeness (QED) is 0.515. The average molecular weight is 393 g/mol. The van der Waals surface area contributed by atoms with Crippen LogP contribution in [0.15, 0.2) is 89.7 Å². The molecular formula is C26H23N3O. The summed E-state index contributed by atoms with van der Waals surface area (Å²) in [6.07, 6.45) is 1.73. The summed E-state index contributed by atoms with van der Waals surface area (Å²) in [6, 6.07) is 29.3. The van der Waals surface area contributed by atoms with E-state index in [9.17, 15) is 4.79 Å². The summed E-state index contributed by atoms with van der Waals surface area (Å²) >= 11 is 0. The predicted molar refractivity (Wildman–Crippen MR) is 120 cm³/mol. The van der Waals surface area contributed by atoms with E-state index in [-0.39, 0.29) is 5.56 Å². The van der Waals surface area contributed by atoms with Gasteiger partial charge in [-0.15, -0.1) is 0 Å². The molecule has 3 aromatic carbocycles. The van der Waals surface area contributed by atoms with Gasteiger partial charge in [-0.3, -0.25) is 4.79 Å². The first-order chi connectivity index (χ1) is 14.8. The third-order valence-electron chi connectivity index (χ3n) is 5.65. The molecule has 4 aromatic rings. The molecule has 0 spiro atoms. The molecule has 4 heteroatoms. The Morgan fingerprint density at radius 1 is 0.767 bits per heavy atom. The number of fused-ring (bicyclic) bond motifs is 1. The molecule has 1 aliphatic carbocycles. The number of hydrogen-bond donors (Lipinski definition) is 1. The Kier molecular flexibility index (Phi) is 4.89. The molecule has 148 valence electrons. The number of rotatable bonds is 6. The Balaban J connectivity index is 1.44. The van der Waals surface area contributed by atoms with E-state index in [4.69, 9.17) is 0 Å². The second-order valence-electron chi connectivity index (χ2n) is 7.71. The minimum Gasteiger partial charge on any atom is -0.363 e. The van der Waals surface area contributed by atoms with Crippen LogP contribution in [0.4, 0.5) is 5.69 Å². The standard InChI is InChI=1S/C26H23N3O/c30-26-23-15-16-24(23)27-25(28-26)21-11-13-22(14-12-21)29(17-19-7-3-1-4-8-19)18-20-9-5-2-6-10-20/h1-14H,15-18H2,(H,27,28,30). The van der Waals surface area contributed by atoms with E-state index in [0.29, 0.717) is 5.82 Å². The first-order valence-electron chi connectivity index (χ1n) is 10.3. The topological polar surface area (TPSA) is 49.0 Å². The second kappa shape index (κ2) is 7.99. The molecule has 1 heterocycles. The van der Waals surface area contributed by atoms with Gasteiger partial charge in [0, 0.05) is 29.9 Å². The van der Waals surface area contributed by atoms with Crippen molar-refractivity contribution >= 4 is 5.69 Å². The molecule has 0 bridgehead atoms. The van der Waals surface area contributed by atoms with Crippen LogP contribution in [-0.2, 0) is 25.9 Å². The van der Waals surface area contributed by atoms with Crippen LogP contribution in [0, 0.1) is 0 Å². The number of hydrogen-bond acceptors (Lipinski definition) is 3. The minimum atomic E-state index is 0.000100. The zero-order valence-corrected chi connectivity index (χ0v) is 16.7. The first kappa shape index (κ1) is 18.4. The predicted octanol–water partition coefficient (Wildman–Crippen LogP) is 4.74. The highest BCUT2D eigenvalue weighted by molar-refractivity contribution is 5.61. The molecule has 0 radical (unpaired) electrons. The second-order valence-corrected chi connectivity index (χ2v) is 7.71. The Morgan fingerprint density at radius 2 is 1.37 bits per heavy atom. The lowest BCUT2D eigenvalue weighted by Gasteiger charge is -2.25. The van der Waals surface area contributed by atoms with Crippen LogP contribution < -0.4 is 10.5 Å². The van der Waals surface area contributed by atoms with Crippen molar-refractivity contribution in [3.05, 3.63) is 118 Å². The van der Waals surface area contributed by atoms with E-state index >= 15 is 0 Å². The lowest BCUT2D eigenvalue weighted by Crippen LogP contribution is -2.26. The maximum atomic E-state index is 12.2. The average Bonchev–Trinajstić information content (AvgIpc) is 2.76. The Morgan fingerprint density at radius 3 is 1.87 bits per heavy atom. The summed E-state index contributed by atoms with van der Waals surface area (Å²) in [5.74, 6) is 0.655. The minimum absolute atomic E-state index is 0.000100. The van der Waals surface area contributed by atoms with Crippen LogP contribution in [-0.4, -0.2) is 9.97 Å². The fraction of sp³-hybridized carbons (Fsp3) is 0.154. The summed E-state index contributed by atoms with van der Waals surface area (Å²) in [6.45, 7) is 1.64. The number of anilines is 1. The van der Waals surface area contributed by atoms with E-state index in [2.05, 4.69) is 75.5 Å². The van der Waals surface area contributed by atoms with Crippen molar-refractivity contribution in [2.24, 2.45) is 0 Å². The highest BCUT2D eigenvalue weighted by Gasteiger charge is 2.20. The lowest BCUT2D eigenvalue weighted by atomic mass is 9.95. The number of aromatic nitrogens is 2. The van der Waals surface area contributed by atoms with Gasteiger partial charge in [0.15, 0.2) is 0 Å². The molecule has 0 amide bonds. The van der Waals surface area contributed by atoms with Crippen LogP contribution >= 0.6 is 0 Å². The molecule has 0 atom stereocenters. The normalized spacial score (nSPS) is 12.1. The van der Waals surface area contributed by atoms with Crippen molar-refractivity contribution in [2.45, 2.75) is 25.9 Å². The Hall–Kier alpha value is -3.66. The first-order valence-corrected chi connectivity index (χ1v) is 10.3. The van der Waals surface area contributed by atoms with Gasteiger partial charge in [-0.1, -0.05) is 60.7 Å². The fourth-order valence-corrected chi connectivity index (χ4v) is 3.89. The molecule has 30 heavy (non-hydrogen) atoms. The summed E-state index contributed by atoms with van der Waals surface area (Å²) in [5, 5.41) is 0. The van der Waals surface area contributed by atoms with Crippen molar-refractivity contribution in [3.8, 4) is 11.4 Å². The molecule has 1 aromatic heterocycles. The van der Waals surface area contributed by atoms with Crippen molar-refractivity contribution in [2.75, 3.05) is 4.90 Å². The van der Waals surface area contributed by atoms with Crippen LogP contribution in [0.3, 0.4) is 0 Å². The monoisotopic (exact) mass is 393 g/mol. The Bertz CT molecular complexity index is 1160. The van der Waals surface area contributed by atoms with Crippen LogP contribution in [0.1, 0.15) is 22.4 Å². The maximum absolute atomic E-state index is 12.2. The van der Waals surface area contributed by atoms with Crippen LogP contribution in [0.5, 0.6) is 0 Å². The van der Waals surface area contributed by atoms with Gasteiger partial charge in [-0.2, -0.15) is 0 Å². The molecule has 0 unspecified atom stereocenters. The van der Waals surface area contributed by atoms with Crippen molar-refractivity contribution in [1.29, 1.82) is 0 Å². The number of aromatic amines is 1. The summed E-state index contributed by atoms with van der Waals surface area (Å²) in [7, 11) is 0. The van der Waals surface area contributed by atoms with Gasteiger partial charge < -0.3 is 9.88 Å². The van der Waals surface area contributed by atoms with Gasteiger partial charge in [0.1, 0.15) is 5.82 Å². The molecule has 0 fully saturated rings. The van der Waals surface area contributed by atoms with Gasteiger partial charge in [0.2, 0.25) is 0 Å². The van der Waals surface area contributed by atoms with Crippen molar-refractivity contribution < 1.29 is 0 Å². The number of nitrogens with one attached hydrogen (secondary N) is 1. The van der Waals surface area contributed by atoms with Crippen molar-refractivity contribution in [3.63, 3.8) is 0 Å². The SMILES string of the molecule is O=c1[nH]c(-c2ccc(N(Cc3ccccc3)Cc3ccccc3)cc2)nc2c1CC2. The molecular weight excluding hydrogens is 370 g/mol. The zero-order chi connectivity index (χ0) is 20.3. The lowest BCUT2D eigenvalue weighted by molar-refractivity contribution is 0.759. The highest BCUT2D eigenvalue weighted by Crippen LogP contribution is 2.25. The number of aryl methyl sites for hydroxylation is 1. The Labute approximate surface area is 175 Å². The van der Waals surface area contributed by atoms with Gasteiger partial charge in [-0.25, -0.2) is 4.98 Å². The molecule has 0 saturated carbocycles. The largest absolute Gasteiger partial charge is 0.363 e. The van der Waals surface area contributed by atoms with Gasteiger partial charge in [0.25, 0.3) is 5.56 Å². The smallest absolute Gasteiger partial charge is 0.254 e. The molecule has 1 aliphatic rings. The molecule has 5 rings (SSSR count). The van der Waals surface area contributed by atoms with Crippen LogP contribution in [0.25, 0.3) is 11.4 Å². The molecule has 1 N–H and O–H groups in total. The van der Waals surface area contributed by atoms with Gasteiger partial charge in [-0.05, 0) is 48.2 Å². The van der Waals surface area contributed by atoms with E-state index in [0.717, 1.165) is 48.4 Å². The van der Waals surface area contributed by atoms with E-state index in [1.807, 2.05) is 24.3 Å². The van der Waals surface area contributed by atoms with Crippen LogP contribution in [0.2, 0.25) is 0 Å². The zero-order valence-electron chi connectivity index (χ0n) is 16.7. The van der Waals surface area contributed by atoms with E-state index in [1.165, 1.54) is 11.1 Å². The molecule has 0 aliphatic heterocycles. The van der Waals surface area contributed by atoms with E-state index < -0.39 is 0 Å². The number of H-pyrrole nitrogens is 1. The molecule has 0 saturated heterocycles. The highest BCUT2D eigenvalue weighted by atomic mass is 16.1. The van der Waals surface area contributed by atoms with Crippen molar-refractivity contribution in [1.82, 2.24) is 9.97 Å². The fourth-order valence-electron chi connectivity index (χ4n) is 3.89. The third-order valence-corrected chi connectivity index (χ3v) is 5.65. The summed E-state index contributed by atoms with van der Waals surface area (Å²) in [4.78, 5) is 22.1. The van der Waals surface area contributed by atoms with Gasteiger partial charge in [0.05, 0.1) is 5.69 Å². The maximum Gasteiger partial charge on any atom is 0.254 e. The van der Waals surface area contributed by atoms with E-state index in [1.54, 1.807) is 0 Å². The molecule has 4 nitrogen and oxygen atoms in total. The third kappa shape index (κ3) is 3.77. The summed E-state index contributed by atoms with van der Waals surface area (Å²) < 4.78 is 0. The van der Waals surface area contributed by atoms with Gasteiger partial charge >= 0.3 is 0 Å².